The molecule has 2 fully saturated rings. The molecule has 14 heteroatoms. The molecule has 342 valence electrons. The molecule has 1 unspecified atom stereocenters. The van der Waals surface area contributed by atoms with E-state index in [1.165, 1.54) is 116 Å². The maximum atomic E-state index is 10.7. The van der Waals surface area contributed by atoms with Gasteiger partial charge in [0.05, 0.1) is 40.5 Å². The predicted octanol–water partition coefficient (Wildman–Crippen LogP) is 1.71. The molecule has 2 aliphatic heterocycles. The van der Waals surface area contributed by atoms with E-state index >= 15 is 0 Å². The fourth-order valence-electron chi connectivity index (χ4n) is 7.78. The van der Waals surface area contributed by atoms with Gasteiger partial charge in [0.1, 0.15) is 61.5 Å². The number of ether oxygens (including phenoxy) is 5. The maximum absolute atomic E-state index is 10.7. The minimum absolute atomic E-state index is 0. The number of rotatable bonds is 34. The first-order valence-corrected chi connectivity index (χ1v) is 22.6. The van der Waals surface area contributed by atoms with E-state index in [-0.39, 0.29) is 32.2 Å². The zero-order valence-electron chi connectivity index (χ0n) is 36.1. The predicted molar refractivity (Wildman–Crippen MR) is 217 cm³/mol. The Labute approximate surface area is 351 Å². The third kappa shape index (κ3) is 23.0. The normalized spacial score (nSPS) is 28.7. The van der Waals surface area contributed by atoms with Gasteiger partial charge in [-0.2, -0.15) is 0 Å². The Hall–Kier alpha value is -0.230. The van der Waals surface area contributed by atoms with Crippen LogP contribution in [0, 0.1) is 0 Å². The summed E-state index contributed by atoms with van der Waals surface area (Å²) in [6, 6.07) is 0. The van der Waals surface area contributed by atoms with Gasteiger partial charge in [-0.25, -0.2) is 0 Å². The zero-order valence-corrected chi connectivity index (χ0v) is 36.9. The number of quaternary nitrogens is 1. The molecule has 13 nitrogen and oxygen atoms in total. The molecule has 7 N–H and O–H groups in total. The van der Waals surface area contributed by atoms with Gasteiger partial charge in [-0.1, -0.05) is 136 Å². The van der Waals surface area contributed by atoms with Gasteiger partial charge < -0.3 is 76.3 Å². The lowest BCUT2D eigenvalue weighted by atomic mass is 9.98. The highest BCUT2D eigenvalue weighted by Crippen LogP contribution is 2.27. The van der Waals surface area contributed by atoms with E-state index < -0.39 is 67.5 Å². The first-order chi connectivity index (χ1) is 26.9. The monoisotopic (exact) mass is 844 g/mol. The van der Waals surface area contributed by atoms with Gasteiger partial charge in [-0.05, 0) is 19.3 Å². The van der Waals surface area contributed by atoms with Crippen LogP contribution >= 0.6 is 0 Å². The van der Waals surface area contributed by atoms with E-state index in [9.17, 15) is 35.7 Å². The van der Waals surface area contributed by atoms with Crippen LogP contribution in [0.3, 0.4) is 0 Å². The van der Waals surface area contributed by atoms with E-state index in [2.05, 4.69) is 27.9 Å². The fraction of sp³-hybridized carbons (Fsp3) is 1.00. The quantitative estimate of drug-likeness (QED) is 0.0368. The average Bonchev–Trinajstić information content (AvgIpc) is 3.17. The van der Waals surface area contributed by atoms with Gasteiger partial charge >= 0.3 is 0 Å². The second-order valence-corrected chi connectivity index (χ2v) is 17.3. The summed E-state index contributed by atoms with van der Waals surface area (Å²) in [4.78, 5) is 0. The van der Waals surface area contributed by atoms with E-state index in [1.54, 1.807) is 0 Å². The van der Waals surface area contributed by atoms with Crippen LogP contribution in [0.4, 0.5) is 0 Å². The molecule has 11 atom stereocenters. The van der Waals surface area contributed by atoms with Gasteiger partial charge in [0.2, 0.25) is 0 Å². The van der Waals surface area contributed by atoms with E-state index in [1.807, 2.05) is 0 Å². The summed E-state index contributed by atoms with van der Waals surface area (Å²) in [5.74, 6) is 0. The first-order valence-electron chi connectivity index (χ1n) is 22.6. The first kappa shape index (κ1) is 54.8. The molecule has 0 amide bonds. The second kappa shape index (κ2) is 32.5. The summed E-state index contributed by atoms with van der Waals surface area (Å²) in [6.45, 7) is 5.69. The minimum atomic E-state index is -1.62. The number of aliphatic hydroxyl groups excluding tert-OH is 7. The van der Waals surface area contributed by atoms with Crippen LogP contribution in [-0.2, 0) is 23.7 Å². The largest absolute Gasteiger partial charge is 1.00 e. The van der Waals surface area contributed by atoms with E-state index in [0.29, 0.717) is 17.6 Å². The topological polar surface area (TPSA) is 188 Å². The van der Waals surface area contributed by atoms with Crippen molar-refractivity contribution in [3.05, 3.63) is 0 Å². The van der Waals surface area contributed by atoms with Crippen molar-refractivity contribution >= 4 is 0 Å². The van der Waals surface area contributed by atoms with Crippen LogP contribution < -0.4 is 12.4 Å². The van der Waals surface area contributed by atoms with Crippen molar-refractivity contribution < 1.29 is 76.3 Å². The Bertz CT molecular complexity index is 941. The van der Waals surface area contributed by atoms with Crippen molar-refractivity contribution in [1.82, 2.24) is 0 Å². The van der Waals surface area contributed by atoms with Crippen LogP contribution in [-0.4, -0.2) is 161 Å². The van der Waals surface area contributed by atoms with Crippen LogP contribution in [0.1, 0.15) is 155 Å². The number of hydrogen-bond acceptors (Lipinski definition) is 12. The van der Waals surface area contributed by atoms with Crippen LogP contribution in [0.25, 0.3) is 0 Å². The van der Waals surface area contributed by atoms with Crippen molar-refractivity contribution in [2.24, 2.45) is 0 Å². The minimum Gasteiger partial charge on any atom is -1.00 e. The maximum Gasteiger partial charge on any atom is 0.186 e. The molecular weight excluding hydrogens is 758 g/mol. The SMILES string of the molecule is CCCCCCCCCCCCCCO[C@@H]1O[C@H](CO[C@H]2O[C@H](COCC(O)C[N+](C)(C)CCCCCCCCCCCC)[C@@H](O)[C@H](O)[C@H]2O)[C@@H](O)[C@H](O)[C@H]1O.[Cl-]. The van der Waals surface area contributed by atoms with Gasteiger partial charge in [0, 0.05) is 6.61 Å². The van der Waals surface area contributed by atoms with Crippen LogP contribution in [0.15, 0.2) is 0 Å². The Morgan fingerprint density at radius 3 is 1.33 bits per heavy atom. The smallest absolute Gasteiger partial charge is 0.186 e. The molecule has 0 aliphatic carbocycles. The van der Waals surface area contributed by atoms with Gasteiger partial charge in [-0.15, -0.1) is 0 Å². The summed E-state index contributed by atoms with van der Waals surface area (Å²) in [7, 11) is 4.18. The summed E-state index contributed by atoms with van der Waals surface area (Å²) in [5, 5.41) is 74.1. The molecule has 0 saturated carbocycles. The second-order valence-electron chi connectivity index (χ2n) is 17.3. The Kier molecular flexibility index (Phi) is 31.2. The number of hydrogen-bond donors (Lipinski definition) is 7. The van der Waals surface area contributed by atoms with Crippen molar-refractivity contribution in [2.75, 3.05) is 53.6 Å². The Morgan fingerprint density at radius 2 is 0.877 bits per heavy atom. The average molecular weight is 845 g/mol. The molecule has 57 heavy (non-hydrogen) atoms. The fourth-order valence-corrected chi connectivity index (χ4v) is 7.78. The van der Waals surface area contributed by atoms with Crippen LogP contribution in [0.2, 0.25) is 0 Å². The van der Waals surface area contributed by atoms with Crippen LogP contribution in [0.5, 0.6) is 0 Å². The van der Waals surface area contributed by atoms with E-state index in [0.717, 1.165) is 32.2 Å². The van der Waals surface area contributed by atoms with Gasteiger partial charge in [-0.3, -0.25) is 0 Å². The Morgan fingerprint density at radius 1 is 0.491 bits per heavy atom. The van der Waals surface area contributed by atoms with Crippen molar-refractivity contribution in [3.8, 4) is 0 Å². The molecule has 2 aliphatic rings. The lowest BCUT2D eigenvalue weighted by Gasteiger charge is -2.43. The number of likely N-dealkylation sites (N-methyl/N-ethyl adjacent to an activating group) is 1. The summed E-state index contributed by atoms with van der Waals surface area (Å²) < 4.78 is 29.3. The number of aliphatic hydroxyl groups is 7. The molecule has 2 saturated heterocycles. The molecule has 2 heterocycles. The highest BCUT2D eigenvalue weighted by molar-refractivity contribution is 4.92. The van der Waals surface area contributed by atoms with Crippen molar-refractivity contribution in [2.45, 2.75) is 223 Å². The molecule has 2 rings (SSSR count). The van der Waals surface area contributed by atoms with E-state index in [4.69, 9.17) is 23.7 Å². The number of halogens is 1. The summed E-state index contributed by atoms with van der Waals surface area (Å²) in [6.07, 6.45) is 12.4. The molecule has 0 aromatic carbocycles. The highest BCUT2D eigenvalue weighted by Gasteiger charge is 2.47. The van der Waals surface area contributed by atoms with Crippen molar-refractivity contribution in [1.29, 1.82) is 0 Å². The molecule has 0 bridgehead atoms. The van der Waals surface area contributed by atoms with Gasteiger partial charge in [0.25, 0.3) is 0 Å². The third-order valence-electron chi connectivity index (χ3n) is 11.5. The molecule has 0 aromatic heterocycles. The lowest BCUT2D eigenvalue weighted by Crippen LogP contribution is -3.00. The van der Waals surface area contributed by atoms with Gasteiger partial charge in [0.15, 0.2) is 12.6 Å². The highest BCUT2D eigenvalue weighted by atomic mass is 35.5. The summed E-state index contributed by atoms with van der Waals surface area (Å²) >= 11 is 0. The summed E-state index contributed by atoms with van der Waals surface area (Å²) in [5.41, 5.74) is 0. The zero-order chi connectivity index (χ0) is 41.2. The molecule has 0 spiro atoms. The standard InChI is InChI=1S/C43H86NO12.ClH/c1-5-7-9-11-13-15-17-18-20-22-24-26-28-53-42-40(50)39(49)37(47)35(56-42)32-54-43-41(51)38(48)36(46)34(55-43)31-52-30-33(45)29-44(3,4)27-25-23-21-19-16-14-12-10-8-6-2;/h33-43,45-51H,5-32H2,1-4H3;1H/q+1;/p-1/t33?,34-,35-,36-,37-,38+,39+,40-,41-,42-,43+;/m1./s1. The molecule has 0 radical (unpaired) electrons. The van der Waals surface area contributed by atoms with Crippen molar-refractivity contribution in [3.63, 3.8) is 0 Å². The lowest BCUT2D eigenvalue weighted by molar-refractivity contribution is -0.893. The number of unbranched alkanes of at least 4 members (excludes halogenated alkanes) is 20. The third-order valence-corrected chi connectivity index (χ3v) is 11.5. The molecular formula is C43H86ClNO12. The molecule has 0 aromatic rings. The Balaban J connectivity index is 0.0000162. The number of nitrogens with zero attached hydrogens (tertiary/aromatic N) is 1.